The maximum atomic E-state index is 3.58. The SMILES string of the molecule is CCCCC[NH][Zr]([CH3])[CH3]. The fourth-order valence-electron chi connectivity index (χ4n) is 0.713. The predicted octanol–water partition coefficient (Wildman–Crippen LogP) is 2.40. The van der Waals surface area contributed by atoms with Crippen LogP contribution in [0, 0.1) is 0 Å². The average Bonchev–Trinajstić information content (AvgIpc) is 1.80. The van der Waals surface area contributed by atoms with E-state index in [-0.39, 0.29) is 0 Å². The van der Waals surface area contributed by atoms with E-state index in [1.165, 1.54) is 25.8 Å². The molecular weight excluding hydrogens is 189 g/mol. The topological polar surface area (TPSA) is 12.0 Å². The molecule has 0 radical (unpaired) electrons. The van der Waals surface area contributed by atoms with Crippen molar-refractivity contribution in [1.29, 1.82) is 0 Å². The van der Waals surface area contributed by atoms with Gasteiger partial charge in [0, 0.05) is 0 Å². The van der Waals surface area contributed by atoms with Gasteiger partial charge in [-0.15, -0.1) is 0 Å². The fraction of sp³-hybridized carbons (Fsp3) is 1.00. The van der Waals surface area contributed by atoms with Gasteiger partial charge in [0.2, 0.25) is 0 Å². The summed E-state index contributed by atoms with van der Waals surface area (Å²) in [5.74, 6) is 0. The molecule has 0 aromatic carbocycles. The first kappa shape index (κ1) is 9.84. The van der Waals surface area contributed by atoms with Crippen molar-refractivity contribution in [1.82, 2.24) is 3.26 Å². The molecular formula is C7H18NZr. The number of nitrogens with one attached hydrogen (secondary N) is 1. The van der Waals surface area contributed by atoms with Crippen LogP contribution < -0.4 is 3.26 Å². The van der Waals surface area contributed by atoms with Gasteiger partial charge < -0.3 is 0 Å². The molecule has 0 saturated carbocycles. The van der Waals surface area contributed by atoms with Crippen LogP contribution in [0.3, 0.4) is 0 Å². The molecule has 0 amide bonds. The number of unbranched alkanes of at least 4 members (excludes halogenated alkanes) is 2. The summed E-state index contributed by atoms with van der Waals surface area (Å²) in [6, 6.07) is 0. The van der Waals surface area contributed by atoms with Crippen LogP contribution in [0.5, 0.6) is 0 Å². The second-order valence-corrected chi connectivity index (χ2v) is 8.42. The maximum absolute atomic E-state index is 3.58. The van der Waals surface area contributed by atoms with Crippen LogP contribution in [-0.4, -0.2) is 6.54 Å². The van der Waals surface area contributed by atoms with E-state index in [9.17, 15) is 0 Å². The third-order valence-corrected chi connectivity index (χ3v) is 3.61. The van der Waals surface area contributed by atoms with Gasteiger partial charge in [-0.1, -0.05) is 0 Å². The molecule has 0 aliphatic carbocycles. The van der Waals surface area contributed by atoms with Gasteiger partial charge in [-0.25, -0.2) is 0 Å². The summed E-state index contributed by atoms with van der Waals surface area (Å²) in [6.07, 6.45) is 4.11. The van der Waals surface area contributed by atoms with E-state index in [2.05, 4.69) is 19.4 Å². The molecule has 0 atom stereocenters. The molecule has 1 N–H and O–H groups in total. The zero-order valence-electron chi connectivity index (χ0n) is 6.83. The van der Waals surface area contributed by atoms with Crippen molar-refractivity contribution >= 4 is 0 Å². The molecule has 1 nitrogen and oxygen atoms in total. The first-order valence-corrected chi connectivity index (χ1v) is 9.96. The van der Waals surface area contributed by atoms with Crippen molar-refractivity contribution in [2.45, 2.75) is 35.4 Å². The molecule has 2 heteroatoms. The van der Waals surface area contributed by atoms with Crippen molar-refractivity contribution < 1.29 is 22.0 Å². The normalized spacial score (nSPS) is 9.67. The van der Waals surface area contributed by atoms with E-state index < -0.39 is 22.0 Å². The summed E-state index contributed by atoms with van der Waals surface area (Å²) in [5, 5.41) is 0. The molecule has 0 aromatic heterocycles. The van der Waals surface area contributed by atoms with E-state index in [0.717, 1.165) is 0 Å². The molecule has 0 spiro atoms. The molecule has 0 saturated heterocycles. The zero-order valence-corrected chi connectivity index (χ0v) is 9.29. The van der Waals surface area contributed by atoms with E-state index in [1.54, 1.807) is 0 Å². The molecule has 0 bridgehead atoms. The Morgan fingerprint density at radius 1 is 1.22 bits per heavy atom. The van der Waals surface area contributed by atoms with Crippen LogP contribution in [0.4, 0.5) is 0 Å². The Balaban J connectivity index is 2.75. The first-order valence-electron chi connectivity index (χ1n) is 3.81. The Labute approximate surface area is 67.3 Å². The van der Waals surface area contributed by atoms with Gasteiger partial charge in [-0.2, -0.15) is 0 Å². The van der Waals surface area contributed by atoms with Gasteiger partial charge >= 0.3 is 67.3 Å². The number of hydrogen-bond acceptors (Lipinski definition) is 1. The van der Waals surface area contributed by atoms with Gasteiger partial charge in [-0.3, -0.25) is 0 Å². The van der Waals surface area contributed by atoms with Crippen LogP contribution in [-0.2, 0) is 22.0 Å². The average molecular weight is 207 g/mol. The Kier molecular flexibility index (Phi) is 7.61. The monoisotopic (exact) mass is 206 g/mol. The van der Waals surface area contributed by atoms with E-state index in [4.69, 9.17) is 0 Å². The zero-order chi connectivity index (χ0) is 7.11. The summed E-state index contributed by atoms with van der Waals surface area (Å²) >= 11 is -0.928. The summed E-state index contributed by atoms with van der Waals surface area (Å²) in [5.41, 5.74) is 0. The minimum atomic E-state index is -0.928. The molecule has 0 heterocycles. The molecule has 0 aromatic rings. The minimum absolute atomic E-state index is 0.928. The van der Waals surface area contributed by atoms with Crippen molar-refractivity contribution in [3.05, 3.63) is 0 Å². The van der Waals surface area contributed by atoms with Crippen LogP contribution >= 0.6 is 0 Å². The van der Waals surface area contributed by atoms with Crippen molar-refractivity contribution in [2.24, 2.45) is 0 Å². The molecule has 0 rings (SSSR count). The molecule has 0 aliphatic heterocycles. The van der Waals surface area contributed by atoms with Gasteiger partial charge in [0.1, 0.15) is 0 Å². The van der Waals surface area contributed by atoms with Gasteiger partial charge in [-0.05, 0) is 0 Å². The molecule has 55 valence electrons. The van der Waals surface area contributed by atoms with Crippen molar-refractivity contribution in [3.8, 4) is 0 Å². The molecule has 9 heavy (non-hydrogen) atoms. The van der Waals surface area contributed by atoms with Gasteiger partial charge in [0.25, 0.3) is 0 Å². The Morgan fingerprint density at radius 3 is 2.33 bits per heavy atom. The molecule has 0 fully saturated rings. The Bertz CT molecular complexity index is 54.9. The third kappa shape index (κ3) is 8.84. The number of hydrogen-bond donors (Lipinski definition) is 1. The first-order chi connectivity index (χ1) is 4.27. The molecule has 0 unspecified atom stereocenters. The van der Waals surface area contributed by atoms with Crippen LogP contribution in [0.1, 0.15) is 26.2 Å². The van der Waals surface area contributed by atoms with Crippen LogP contribution in [0.2, 0.25) is 9.26 Å². The van der Waals surface area contributed by atoms with Gasteiger partial charge in [0.15, 0.2) is 0 Å². The molecule has 0 aliphatic rings. The van der Waals surface area contributed by atoms with Crippen LogP contribution in [0.25, 0.3) is 0 Å². The van der Waals surface area contributed by atoms with Crippen LogP contribution in [0.15, 0.2) is 0 Å². The van der Waals surface area contributed by atoms with E-state index >= 15 is 0 Å². The summed E-state index contributed by atoms with van der Waals surface area (Å²) in [6.45, 7) is 3.52. The second kappa shape index (κ2) is 6.96. The second-order valence-electron chi connectivity index (χ2n) is 2.63. The predicted molar refractivity (Wildman–Crippen MR) is 39.3 cm³/mol. The van der Waals surface area contributed by atoms with Gasteiger partial charge in [0.05, 0.1) is 0 Å². The van der Waals surface area contributed by atoms with Crippen molar-refractivity contribution in [2.75, 3.05) is 6.54 Å². The fourth-order valence-corrected chi connectivity index (χ4v) is 2.38. The number of rotatable bonds is 5. The summed E-state index contributed by atoms with van der Waals surface area (Å²) in [7, 11) is 0. The summed E-state index contributed by atoms with van der Waals surface area (Å²) in [4.78, 5) is 0. The van der Waals surface area contributed by atoms with E-state index in [1.807, 2.05) is 0 Å². The summed E-state index contributed by atoms with van der Waals surface area (Å²) < 4.78 is 8.34. The quantitative estimate of drug-likeness (QED) is 0.683. The van der Waals surface area contributed by atoms with E-state index in [0.29, 0.717) is 0 Å². The van der Waals surface area contributed by atoms with Crippen molar-refractivity contribution in [3.63, 3.8) is 0 Å². The Hall–Kier alpha value is 0.843. The standard InChI is InChI=1S/C5H12N.2CH3.Zr/c1-2-3-4-5-6;;;/h6H,2-5H2,1H3;2*1H3;/q-1;;;+1. The third-order valence-electron chi connectivity index (χ3n) is 1.26. The Morgan fingerprint density at radius 2 is 1.89 bits per heavy atom.